The summed E-state index contributed by atoms with van der Waals surface area (Å²) in [6.45, 7) is 2.48. The topological polar surface area (TPSA) is 73.0 Å². The summed E-state index contributed by atoms with van der Waals surface area (Å²) in [4.78, 5) is 17.7. The van der Waals surface area contributed by atoms with Crippen LogP contribution in [-0.4, -0.2) is 52.9 Å². The fourth-order valence-electron chi connectivity index (χ4n) is 4.25. The molecule has 0 unspecified atom stereocenters. The molecule has 0 aromatic heterocycles. The van der Waals surface area contributed by atoms with Gasteiger partial charge < -0.3 is 15.1 Å². The molecule has 1 amide bonds. The second-order valence-electron chi connectivity index (χ2n) is 9.00. The lowest BCUT2D eigenvalue weighted by Gasteiger charge is -2.23. The molecular weight excluding hydrogens is 460 g/mol. The number of hydrogen-bond acceptors (Lipinski definition) is 5. The Bertz CT molecular complexity index is 1270. The number of carbonyl (C=O) groups excluding carboxylic acids is 1. The molecule has 0 spiro atoms. The number of anilines is 3. The van der Waals surface area contributed by atoms with Gasteiger partial charge in [-0.1, -0.05) is 30.3 Å². The number of rotatable bonds is 8. The van der Waals surface area contributed by atoms with Gasteiger partial charge in [0.25, 0.3) is 5.91 Å². The smallest absolute Gasteiger partial charge is 0.257 e. The van der Waals surface area contributed by atoms with Crippen LogP contribution < -0.4 is 15.1 Å². The molecule has 0 aliphatic carbocycles. The predicted octanol–water partition coefficient (Wildman–Crippen LogP) is 4.43. The Morgan fingerprint density at radius 3 is 2.20 bits per heavy atom. The van der Waals surface area contributed by atoms with Crippen LogP contribution in [0.4, 0.5) is 17.1 Å². The van der Waals surface area contributed by atoms with Crippen molar-refractivity contribution in [3.8, 4) is 0 Å². The summed E-state index contributed by atoms with van der Waals surface area (Å²) in [5.74, 6) is -0.326. The van der Waals surface area contributed by atoms with Crippen LogP contribution in [0.3, 0.4) is 0 Å². The predicted molar refractivity (Wildman–Crippen MR) is 142 cm³/mol. The molecule has 184 valence electrons. The van der Waals surface area contributed by atoms with E-state index in [1.54, 1.807) is 12.1 Å². The fraction of sp³-hybridized carbons (Fsp3) is 0.296. The maximum Gasteiger partial charge on any atom is 0.257 e. The van der Waals surface area contributed by atoms with E-state index in [9.17, 15) is 13.2 Å². The Morgan fingerprint density at radius 1 is 0.914 bits per heavy atom. The van der Waals surface area contributed by atoms with Crippen molar-refractivity contribution >= 4 is 33.0 Å². The summed E-state index contributed by atoms with van der Waals surface area (Å²) in [5.41, 5.74) is 4.02. The van der Waals surface area contributed by atoms with E-state index in [1.165, 1.54) is 25.7 Å². The summed E-state index contributed by atoms with van der Waals surface area (Å²) in [5, 5.41) is 2.95. The van der Waals surface area contributed by atoms with Crippen LogP contribution in [0.2, 0.25) is 0 Å². The monoisotopic (exact) mass is 492 g/mol. The average Bonchev–Trinajstić information content (AvgIpc) is 3.39. The van der Waals surface area contributed by atoms with Crippen molar-refractivity contribution in [2.24, 2.45) is 0 Å². The molecule has 3 aromatic carbocycles. The van der Waals surface area contributed by atoms with Crippen LogP contribution in [0, 0.1) is 0 Å². The van der Waals surface area contributed by atoms with Gasteiger partial charge in [0.05, 0.1) is 10.5 Å². The van der Waals surface area contributed by atoms with E-state index in [-0.39, 0.29) is 10.8 Å². The Labute approximate surface area is 208 Å². The van der Waals surface area contributed by atoms with E-state index in [0.29, 0.717) is 11.3 Å². The van der Waals surface area contributed by atoms with Crippen LogP contribution in [0.25, 0.3) is 0 Å². The highest BCUT2D eigenvalue weighted by molar-refractivity contribution is 7.89. The van der Waals surface area contributed by atoms with Gasteiger partial charge in [0.15, 0.2) is 0 Å². The third kappa shape index (κ3) is 5.66. The summed E-state index contributed by atoms with van der Waals surface area (Å²) < 4.78 is 26.6. The Hall–Kier alpha value is -3.36. The molecule has 0 saturated carbocycles. The molecule has 1 aliphatic heterocycles. The second-order valence-corrected chi connectivity index (χ2v) is 11.2. The van der Waals surface area contributed by atoms with Crippen molar-refractivity contribution in [3.63, 3.8) is 0 Å². The Morgan fingerprint density at radius 2 is 1.57 bits per heavy atom. The molecule has 1 heterocycles. The average molecular weight is 493 g/mol. The number of carbonyl (C=O) groups is 1. The number of hydrogen-bond donors (Lipinski definition) is 1. The highest BCUT2D eigenvalue weighted by Crippen LogP contribution is 2.29. The van der Waals surface area contributed by atoms with E-state index in [4.69, 9.17) is 0 Å². The third-order valence-corrected chi connectivity index (χ3v) is 8.08. The van der Waals surface area contributed by atoms with Crippen molar-refractivity contribution in [2.45, 2.75) is 24.3 Å². The Kier molecular flexibility index (Phi) is 7.42. The van der Waals surface area contributed by atoms with Gasteiger partial charge in [0, 0.05) is 57.8 Å². The largest absolute Gasteiger partial charge is 0.371 e. The molecule has 1 saturated heterocycles. The molecule has 3 aromatic rings. The molecule has 0 atom stereocenters. The van der Waals surface area contributed by atoms with E-state index in [0.717, 1.165) is 48.2 Å². The quantitative estimate of drug-likeness (QED) is 0.504. The molecule has 1 fully saturated rings. The SMILES string of the molecule is CN(Cc1ccccc1)c1ccc(NC(=O)c2cc(S(=O)(=O)N(C)C)ccc2N2CCCC2)cc1. The summed E-state index contributed by atoms with van der Waals surface area (Å²) in [7, 11) is 1.34. The van der Waals surface area contributed by atoms with Crippen molar-refractivity contribution in [3.05, 3.63) is 83.9 Å². The van der Waals surface area contributed by atoms with Gasteiger partial charge in [-0.05, 0) is 60.9 Å². The first kappa shape index (κ1) is 24.8. The van der Waals surface area contributed by atoms with E-state index in [2.05, 4.69) is 27.2 Å². The van der Waals surface area contributed by atoms with E-state index >= 15 is 0 Å². The van der Waals surface area contributed by atoms with Gasteiger partial charge in [-0.3, -0.25) is 4.79 Å². The minimum atomic E-state index is -3.66. The summed E-state index contributed by atoms with van der Waals surface area (Å²) in [6, 6.07) is 22.7. The molecule has 7 nitrogen and oxygen atoms in total. The number of amides is 1. The molecule has 8 heteroatoms. The first-order valence-electron chi connectivity index (χ1n) is 11.7. The molecule has 0 radical (unpaired) electrons. The number of nitrogens with one attached hydrogen (secondary N) is 1. The van der Waals surface area contributed by atoms with Crippen molar-refractivity contribution in [2.75, 3.05) is 49.3 Å². The van der Waals surface area contributed by atoms with Gasteiger partial charge in [0.1, 0.15) is 0 Å². The van der Waals surface area contributed by atoms with Crippen LogP contribution in [0.1, 0.15) is 28.8 Å². The molecule has 35 heavy (non-hydrogen) atoms. The van der Waals surface area contributed by atoms with Gasteiger partial charge in [-0.15, -0.1) is 0 Å². The second kappa shape index (κ2) is 10.5. The molecule has 0 bridgehead atoms. The molecule has 1 N–H and O–H groups in total. The number of sulfonamides is 1. The third-order valence-electron chi connectivity index (χ3n) is 6.27. The van der Waals surface area contributed by atoms with E-state index < -0.39 is 10.0 Å². The van der Waals surface area contributed by atoms with Crippen LogP contribution >= 0.6 is 0 Å². The van der Waals surface area contributed by atoms with Gasteiger partial charge in [0.2, 0.25) is 10.0 Å². The summed E-state index contributed by atoms with van der Waals surface area (Å²) in [6.07, 6.45) is 2.10. The van der Waals surface area contributed by atoms with Gasteiger partial charge in [-0.25, -0.2) is 12.7 Å². The Balaban J connectivity index is 1.55. The lowest BCUT2D eigenvalue weighted by molar-refractivity contribution is 0.102. The highest BCUT2D eigenvalue weighted by Gasteiger charge is 2.24. The fourth-order valence-corrected chi connectivity index (χ4v) is 5.18. The summed E-state index contributed by atoms with van der Waals surface area (Å²) >= 11 is 0. The highest BCUT2D eigenvalue weighted by atomic mass is 32.2. The zero-order valence-corrected chi connectivity index (χ0v) is 21.3. The standard InChI is InChI=1S/C27H32N4O3S/c1-29(2)35(33,34)24-15-16-26(31-17-7-8-18-31)25(19-24)27(32)28-22-11-13-23(14-12-22)30(3)20-21-9-5-4-6-10-21/h4-6,9-16,19H,7-8,17-18,20H2,1-3H3,(H,28,32). The lowest BCUT2D eigenvalue weighted by Crippen LogP contribution is -2.25. The zero-order chi connectivity index (χ0) is 25.0. The molecular formula is C27H32N4O3S. The minimum Gasteiger partial charge on any atom is -0.371 e. The van der Waals surface area contributed by atoms with Crippen molar-refractivity contribution < 1.29 is 13.2 Å². The zero-order valence-electron chi connectivity index (χ0n) is 20.4. The van der Waals surface area contributed by atoms with Crippen molar-refractivity contribution in [1.29, 1.82) is 0 Å². The van der Waals surface area contributed by atoms with Crippen LogP contribution in [0.5, 0.6) is 0 Å². The minimum absolute atomic E-state index is 0.105. The van der Waals surface area contributed by atoms with E-state index in [1.807, 2.05) is 49.5 Å². The first-order chi connectivity index (χ1) is 16.8. The molecule has 4 rings (SSSR count). The first-order valence-corrected chi connectivity index (χ1v) is 13.2. The number of nitrogens with zero attached hydrogens (tertiary/aromatic N) is 3. The van der Waals surface area contributed by atoms with Crippen LogP contribution in [0.15, 0.2) is 77.7 Å². The van der Waals surface area contributed by atoms with Crippen molar-refractivity contribution in [1.82, 2.24) is 4.31 Å². The van der Waals surface area contributed by atoms with Gasteiger partial charge >= 0.3 is 0 Å². The normalized spacial score (nSPS) is 13.8. The van der Waals surface area contributed by atoms with Crippen LogP contribution in [-0.2, 0) is 16.6 Å². The van der Waals surface area contributed by atoms with Gasteiger partial charge in [-0.2, -0.15) is 0 Å². The lowest BCUT2D eigenvalue weighted by atomic mass is 10.1. The maximum absolute atomic E-state index is 13.3. The maximum atomic E-state index is 13.3. The molecule has 1 aliphatic rings. The number of benzene rings is 3.